The molecule has 2 fully saturated rings. The predicted molar refractivity (Wildman–Crippen MR) is 133 cm³/mol. The number of rotatable bonds is 4. The van der Waals surface area contributed by atoms with Crippen molar-refractivity contribution in [3.05, 3.63) is 66.2 Å². The molecule has 0 spiro atoms. The standard InChI is InChI=1S/C27H33N3.ClH/c1-21(29-18-14-23(15-19-29)30-16-8-3-9-17-30)25-20-27(22-10-4-2-5-11-22)28-26-13-7-6-12-24(25)26;/h2,4-7,10-13,20-21,23H,3,8-9,14-19H2,1H3;1H. The largest absolute Gasteiger partial charge is 0.300 e. The molecule has 2 saturated heterocycles. The Kier molecular flexibility index (Phi) is 7.27. The number of likely N-dealkylation sites (tertiary alicyclic amines) is 2. The lowest BCUT2D eigenvalue weighted by molar-refractivity contribution is 0.0761. The maximum atomic E-state index is 4.98. The van der Waals surface area contributed by atoms with Crippen LogP contribution in [-0.4, -0.2) is 47.0 Å². The minimum atomic E-state index is 0. The van der Waals surface area contributed by atoms with Gasteiger partial charge in [0, 0.05) is 36.1 Å². The van der Waals surface area contributed by atoms with Gasteiger partial charge in [-0.25, -0.2) is 4.98 Å². The number of hydrogen-bond donors (Lipinski definition) is 0. The summed E-state index contributed by atoms with van der Waals surface area (Å²) in [5, 5.41) is 1.29. The quantitative estimate of drug-likeness (QED) is 0.477. The Morgan fingerprint density at radius 2 is 1.52 bits per heavy atom. The van der Waals surface area contributed by atoms with Crippen molar-refractivity contribution >= 4 is 23.3 Å². The molecule has 164 valence electrons. The van der Waals surface area contributed by atoms with E-state index in [0.717, 1.165) is 17.3 Å². The van der Waals surface area contributed by atoms with E-state index in [1.165, 1.54) is 74.8 Å². The normalized spacial score (nSPS) is 19.8. The van der Waals surface area contributed by atoms with Gasteiger partial charge in [0.05, 0.1) is 11.2 Å². The van der Waals surface area contributed by atoms with Crippen molar-refractivity contribution in [2.24, 2.45) is 0 Å². The summed E-state index contributed by atoms with van der Waals surface area (Å²) >= 11 is 0. The average molecular weight is 436 g/mol. The van der Waals surface area contributed by atoms with E-state index < -0.39 is 0 Å². The molecule has 1 atom stereocenters. The summed E-state index contributed by atoms with van der Waals surface area (Å²) in [6, 6.07) is 22.8. The molecule has 2 aromatic carbocycles. The SMILES string of the molecule is CC(c1cc(-c2ccccc2)nc2ccccc12)N1CCC(N2CCCCC2)CC1.Cl. The van der Waals surface area contributed by atoms with Crippen molar-refractivity contribution in [3.63, 3.8) is 0 Å². The van der Waals surface area contributed by atoms with Crippen molar-refractivity contribution in [1.29, 1.82) is 0 Å². The minimum absolute atomic E-state index is 0. The molecule has 3 aromatic rings. The molecule has 1 aromatic heterocycles. The van der Waals surface area contributed by atoms with Gasteiger partial charge in [0.2, 0.25) is 0 Å². The number of para-hydroxylation sites is 1. The first kappa shape index (κ1) is 22.3. The molecule has 31 heavy (non-hydrogen) atoms. The van der Waals surface area contributed by atoms with E-state index in [1.807, 2.05) is 0 Å². The molecule has 3 heterocycles. The lowest BCUT2D eigenvalue weighted by Gasteiger charge is -2.42. The van der Waals surface area contributed by atoms with Gasteiger partial charge in [-0.2, -0.15) is 0 Å². The second-order valence-corrected chi connectivity index (χ2v) is 9.02. The Morgan fingerprint density at radius 3 is 2.26 bits per heavy atom. The third kappa shape index (κ3) is 4.79. The molecule has 0 bridgehead atoms. The van der Waals surface area contributed by atoms with Crippen LogP contribution >= 0.6 is 12.4 Å². The number of fused-ring (bicyclic) bond motifs is 1. The number of piperidine rings is 2. The number of benzene rings is 2. The summed E-state index contributed by atoms with van der Waals surface area (Å²) in [6.45, 7) is 7.41. The molecular formula is C27H34ClN3. The van der Waals surface area contributed by atoms with E-state index in [-0.39, 0.29) is 12.4 Å². The third-order valence-electron chi connectivity index (χ3n) is 7.22. The highest BCUT2D eigenvalue weighted by molar-refractivity contribution is 5.86. The second kappa shape index (κ2) is 10.1. The van der Waals surface area contributed by atoms with Crippen molar-refractivity contribution in [3.8, 4) is 11.3 Å². The Morgan fingerprint density at radius 1 is 0.839 bits per heavy atom. The minimum Gasteiger partial charge on any atom is -0.300 e. The highest BCUT2D eigenvalue weighted by Crippen LogP contribution is 2.33. The van der Waals surface area contributed by atoms with Gasteiger partial charge < -0.3 is 4.90 Å². The van der Waals surface area contributed by atoms with E-state index in [2.05, 4.69) is 77.4 Å². The highest BCUT2D eigenvalue weighted by atomic mass is 35.5. The van der Waals surface area contributed by atoms with Gasteiger partial charge in [0.1, 0.15) is 0 Å². The Bertz CT molecular complexity index is 976. The summed E-state index contributed by atoms with van der Waals surface area (Å²) in [5.41, 5.74) is 4.79. The van der Waals surface area contributed by atoms with E-state index in [0.29, 0.717) is 6.04 Å². The number of aromatic nitrogens is 1. The number of nitrogens with zero attached hydrogens (tertiary/aromatic N) is 3. The summed E-state index contributed by atoms with van der Waals surface area (Å²) in [4.78, 5) is 10.4. The Labute approximate surface area is 192 Å². The molecule has 0 saturated carbocycles. The highest BCUT2D eigenvalue weighted by Gasteiger charge is 2.28. The number of halogens is 1. The zero-order valence-corrected chi connectivity index (χ0v) is 19.4. The van der Waals surface area contributed by atoms with Crippen molar-refractivity contribution in [2.45, 2.75) is 51.1 Å². The summed E-state index contributed by atoms with van der Waals surface area (Å²) < 4.78 is 0. The van der Waals surface area contributed by atoms with Crippen LogP contribution < -0.4 is 0 Å². The molecule has 4 heteroatoms. The van der Waals surface area contributed by atoms with Crippen molar-refractivity contribution in [1.82, 2.24) is 14.8 Å². The van der Waals surface area contributed by atoms with E-state index in [9.17, 15) is 0 Å². The molecule has 0 amide bonds. The monoisotopic (exact) mass is 435 g/mol. The van der Waals surface area contributed by atoms with Gasteiger partial charge in [-0.3, -0.25) is 4.90 Å². The maximum Gasteiger partial charge on any atom is 0.0713 e. The molecule has 0 aliphatic carbocycles. The van der Waals surface area contributed by atoms with Crippen molar-refractivity contribution < 1.29 is 0 Å². The Hall–Kier alpha value is -1.94. The van der Waals surface area contributed by atoms with Crippen LogP contribution in [0.2, 0.25) is 0 Å². The first-order valence-electron chi connectivity index (χ1n) is 11.7. The average Bonchev–Trinajstić information content (AvgIpc) is 2.84. The second-order valence-electron chi connectivity index (χ2n) is 9.02. The Balaban J connectivity index is 0.00000231. The van der Waals surface area contributed by atoms with Crippen LogP contribution in [0, 0.1) is 0 Å². The summed E-state index contributed by atoms with van der Waals surface area (Å²) in [5.74, 6) is 0. The smallest absolute Gasteiger partial charge is 0.0713 e. The fourth-order valence-corrected chi connectivity index (χ4v) is 5.42. The van der Waals surface area contributed by atoms with E-state index in [4.69, 9.17) is 4.98 Å². The van der Waals surface area contributed by atoms with E-state index >= 15 is 0 Å². The van der Waals surface area contributed by atoms with Crippen LogP contribution in [-0.2, 0) is 0 Å². The predicted octanol–water partition coefficient (Wildman–Crippen LogP) is 6.33. The summed E-state index contributed by atoms with van der Waals surface area (Å²) in [7, 11) is 0. The van der Waals surface area contributed by atoms with Gasteiger partial charge >= 0.3 is 0 Å². The van der Waals surface area contributed by atoms with Crippen LogP contribution in [0.4, 0.5) is 0 Å². The molecule has 2 aliphatic rings. The van der Waals surface area contributed by atoms with Gasteiger partial charge in [-0.05, 0) is 63.4 Å². The molecule has 3 nitrogen and oxygen atoms in total. The first-order chi connectivity index (χ1) is 14.8. The number of pyridine rings is 1. The zero-order valence-electron chi connectivity index (χ0n) is 18.5. The zero-order chi connectivity index (χ0) is 20.3. The molecule has 1 unspecified atom stereocenters. The van der Waals surface area contributed by atoms with Crippen molar-refractivity contribution in [2.75, 3.05) is 26.2 Å². The molecule has 0 N–H and O–H groups in total. The van der Waals surface area contributed by atoms with Gasteiger partial charge in [0.25, 0.3) is 0 Å². The maximum absolute atomic E-state index is 4.98. The van der Waals surface area contributed by atoms with Crippen LogP contribution in [0.25, 0.3) is 22.2 Å². The summed E-state index contributed by atoms with van der Waals surface area (Å²) in [6.07, 6.45) is 6.81. The van der Waals surface area contributed by atoms with Gasteiger partial charge in [-0.1, -0.05) is 55.0 Å². The lowest BCUT2D eigenvalue weighted by Crippen LogP contribution is -2.47. The van der Waals surface area contributed by atoms with Gasteiger partial charge in [-0.15, -0.1) is 12.4 Å². The van der Waals surface area contributed by atoms with Crippen LogP contribution in [0.5, 0.6) is 0 Å². The van der Waals surface area contributed by atoms with Crippen LogP contribution in [0.1, 0.15) is 50.6 Å². The van der Waals surface area contributed by atoms with Crippen LogP contribution in [0.3, 0.4) is 0 Å². The first-order valence-corrected chi connectivity index (χ1v) is 11.7. The molecular weight excluding hydrogens is 402 g/mol. The topological polar surface area (TPSA) is 19.4 Å². The number of hydrogen-bond acceptors (Lipinski definition) is 3. The molecule has 5 rings (SSSR count). The fraction of sp³-hybridized carbons (Fsp3) is 0.444. The fourth-order valence-electron chi connectivity index (χ4n) is 5.42. The third-order valence-corrected chi connectivity index (χ3v) is 7.22. The van der Waals surface area contributed by atoms with Crippen LogP contribution in [0.15, 0.2) is 60.7 Å². The molecule has 2 aliphatic heterocycles. The molecule has 0 radical (unpaired) electrons. The van der Waals surface area contributed by atoms with Gasteiger partial charge in [0.15, 0.2) is 0 Å². The lowest BCUT2D eigenvalue weighted by atomic mass is 9.95. The van der Waals surface area contributed by atoms with E-state index in [1.54, 1.807) is 0 Å².